The standard InChI is InChI=1S/C27H25F2N5O4/c1-27(2)12-14-32(25(27)36)18-9-10-19(21(15-18)38-26(28)29)33-16-22(37-3)24(35)23(31-33)20-11-13-30-34(20)17-7-5-4-6-8-17/h4-11,13,15-16,26H,12,14H2,1-3H3. The average Bonchev–Trinajstić information content (AvgIpc) is 3.49. The van der Waals surface area contributed by atoms with Crippen LogP contribution in [0.3, 0.4) is 0 Å². The normalized spacial score (nSPS) is 14.8. The van der Waals surface area contributed by atoms with Gasteiger partial charge in [0.25, 0.3) is 5.43 Å². The van der Waals surface area contributed by atoms with Gasteiger partial charge in [-0.3, -0.25) is 9.59 Å². The summed E-state index contributed by atoms with van der Waals surface area (Å²) in [7, 11) is 1.33. The van der Waals surface area contributed by atoms with Crippen molar-refractivity contribution >= 4 is 11.6 Å². The first-order valence-corrected chi connectivity index (χ1v) is 11.9. The van der Waals surface area contributed by atoms with Gasteiger partial charge in [-0.25, -0.2) is 9.36 Å². The molecular weight excluding hydrogens is 496 g/mol. The minimum Gasteiger partial charge on any atom is -0.491 e. The fraction of sp³-hybridized carbons (Fsp3) is 0.259. The Kier molecular flexibility index (Phi) is 6.43. The number of hydrogen-bond acceptors (Lipinski definition) is 6. The van der Waals surface area contributed by atoms with Gasteiger partial charge in [0.15, 0.2) is 17.2 Å². The summed E-state index contributed by atoms with van der Waals surface area (Å²) in [5.41, 5.74) is 0.584. The van der Waals surface area contributed by atoms with Crippen LogP contribution in [0.2, 0.25) is 0 Å². The third kappa shape index (κ3) is 4.51. The van der Waals surface area contributed by atoms with Gasteiger partial charge >= 0.3 is 6.61 Å². The molecule has 0 atom stereocenters. The number of amides is 1. The van der Waals surface area contributed by atoms with Gasteiger partial charge in [0.2, 0.25) is 5.91 Å². The van der Waals surface area contributed by atoms with Crippen molar-refractivity contribution in [3.8, 4) is 34.3 Å². The summed E-state index contributed by atoms with van der Waals surface area (Å²) in [5, 5.41) is 8.79. The Morgan fingerprint density at radius 3 is 2.42 bits per heavy atom. The number of nitrogens with zero attached hydrogens (tertiary/aromatic N) is 5. The largest absolute Gasteiger partial charge is 0.491 e. The SMILES string of the molecule is COc1cn(-c2ccc(N3CCC(C)(C)C3=O)cc2OC(F)F)nc(-c2ccnn2-c2ccccc2)c1=O. The monoisotopic (exact) mass is 521 g/mol. The summed E-state index contributed by atoms with van der Waals surface area (Å²) in [6, 6.07) is 15.3. The van der Waals surface area contributed by atoms with Crippen molar-refractivity contribution < 1.29 is 23.0 Å². The van der Waals surface area contributed by atoms with Crippen molar-refractivity contribution in [2.45, 2.75) is 26.9 Å². The minimum absolute atomic E-state index is 0.00533. The minimum atomic E-state index is -3.13. The lowest BCUT2D eigenvalue weighted by atomic mass is 9.92. The maximum Gasteiger partial charge on any atom is 0.387 e. The molecule has 0 N–H and O–H groups in total. The average molecular weight is 522 g/mol. The van der Waals surface area contributed by atoms with Gasteiger partial charge in [0.1, 0.15) is 5.69 Å². The van der Waals surface area contributed by atoms with Crippen molar-refractivity contribution in [2.24, 2.45) is 5.41 Å². The van der Waals surface area contributed by atoms with E-state index in [-0.39, 0.29) is 28.8 Å². The molecule has 9 nitrogen and oxygen atoms in total. The summed E-state index contributed by atoms with van der Waals surface area (Å²) in [5.74, 6) is -0.372. The van der Waals surface area contributed by atoms with Crippen LogP contribution in [0.15, 0.2) is 71.8 Å². The summed E-state index contributed by atoms with van der Waals surface area (Å²) >= 11 is 0. The first kappa shape index (κ1) is 25.1. The third-order valence-electron chi connectivity index (χ3n) is 6.49. The summed E-state index contributed by atoms with van der Waals surface area (Å²) < 4.78 is 39.9. The highest BCUT2D eigenvalue weighted by Gasteiger charge is 2.39. The fourth-order valence-corrected chi connectivity index (χ4v) is 4.42. The first-order valence-electron chi connectivity index (χ1n) is 11.9. The molecule has 1 aliphatic heterocycles. The number of carbonyl (C=O) groups excluding carboxylic acids is 1. The zero-order valence-corrected chi connectivity index (χ0v) is 21.0. The lowest BCUT2D eigenvalue weighted by Crippen LogP contribution is -2.30. The van der Waals surface area contributed by atoms with Crippen LogP contribution < -0.4 is 19.8 Å². The number of aromatic nitrogens is 4. The van der Waals surface area contributed by atoms with Crippen LogP contribution >= 0.6 is 0 Å². The number of halogens is 2. The van der Waals surface area contributed by atoms with Gasteiger partial charge in [-0.1, -0.05) is 32.0 Å². The highest BCUT2D eigenvalue weighted by Crippen LogP contribution is 2.37. The van der Waals surface area contributed by atoms with E-state index in [0.717, 1.165) is 0 Å². The molecule has 1 aliphatic rings. The topological polar surface area (TPSA) is 91.5 Å². The van der Waals surface area contributed by atoms with E-state index in [4.69, 9.17) is 9.47 Å². The maximum absolute atomic E-state index is 13.5. The van der Waals surface area contributed by atoms with Crippen molar-refractivity contribution in [1.82, 2.24) is 19.6 Å². The van der Waals surface area contributed by atoms with E-state index in [0.29, 0.717) is 30.0 Å². The van der Waals surface area contributed by atoms with Crippen LogP contribution in [0.4, 0.5) is 14.5 Å². The van der Waals surface area contributed by atoms with Gasteiger partial charge in [0.05, 0.1) is 30.9 Å². The van der Waals surface area contributed by atoms with Crippen LogP contribution in [-0.2, 0) is 4.79 Å². The predicted octanol–water partition coefficient (Wildman–Crippen LogP) is 4.46. The number of carbonyl (C=O) groups is 1. The van der Waals surface area contributed by atoms with Crippen molar-refractivity contribution in [3.63, 3.8) is 0 Å². The predicted molar refractivity (Wildman–Crippen MR) is 136 cm³/mol. The zero-order chi connectivity index (χ0) is 27.0. The quantitative estimate of drug-likeness (QED) is 0.357. The Bertz CT molecular complexity index is 1550. The number of benzene rings is 2. The molecule has 1 amide bonds. The lowest BCUT2D eigenvalue weighted by Gasteiger charge is -2.22. The Morgan fingerprint density at radius 1 is 1.00 bits per heavy atom. The third-order valence-corrected chi connectivity index (χ3v) is 6.49. The summed E-state index contributed by atoms with van der Waals surface area (Å²) in [6.45, 7) is 1.02. The maximum atomic E-state index is 13.5. The van der Waals surface area contributed by atoms with E-state index < -0.39 is 17.5 Å². The lowest BCUT2D eigenvalue weighted by molar-refractivity contribution is -0.123. The van der Waals surface area contributed by atoms with E-state index in [1.54, 1.807) is 21.7 Å². The number of ether oxygens (including phenoxy) is 2. The van der Waals surface area contributed by atoms with Crippen molar-refractivity contribution in [3.05, 3.63) is 77.2 Å². The molecule has 196 valence electrons. The van der Waals surface area contributed by atoms with E-state index in [1.165, 1.54) is 36.3 Å². The Morgan fingerprint density at radius 2 is 1.76 bits per heavy atom. The highest BCUT2D eigenvalue weighted by atomic mass is 19.3. The number of rotatable bonds is 7. The van der Waals surface area contributed by atoms with Crippen LogP contribution in [0.1, 0.15) is 20.3 Å². The van der Waals surface area contributed by atoms with Crippen LogP contribution in [0, 0.1) is 5.41 Å². The Hall–Kier alpha value is -4.54. The molecule has 0 saturated carbocycles. The second kappa shape index (κ2) is 9.73. The molecule has 11 heteroatoms. The molecule has 2 aromatic heterocycles. The zero-order valence-electron chi connectivity index (χ0n) is 21.0. The van der Waals surface area contributed by atoms with E-state index in [2.05, 4.69) is 10.2 Å². The first-order chi connectivity index (χ1) is 18.2. The van der Waals surface area contributed by atoms with E-state index in [1.807, 2.05) is 44.2 Å². The fourth-order valence-electron chi connectivity index (χ4n) is 4.42. The summed E-state index contributed by atoms with van der Waals surface area (Å²) in [6.07, 6.45) is 3.46. The molecule has 0 spiro atoms. The Balaban J connectivity index is 1.64. The molecule has 0 bridgehead atoms. The van der Waals surface area contributed by atoms with Crippen molar-refractivity contribution in [2.75, 3.05) is 18.6 Å². The van der Waals surface area contributed by atoms with Gasteiger partial charge in [-0.2, -0.15) is 19.0 Å². The van der Waals surface area contributed by atoms with Gasteiger partial charge in [0, 0.05) is 23.7 Å². The van der Waals surface area contributed by atoms with Crippen LogP contribution in [-0.4, -0.2) is 45.7 Å². The molecule has 5 rings (SSSR count). The summed E-state index contributed by atoms with van der Waals surface area (Å²) in [4.78, 5) is 27.6. The van der Waals surface area contributed by atoms with E-state index >= 15 is 0 Å². The second-order valence-corrected chi connectivity index (χ2v) is 9.40. The van der Waals surface area contributed by atoms with Crippen molar-refractivity contribution in [1.29, 1.82) is 0 Å². The molecule has 1 fully saturated rings. The van der Waals surface area contributed by atoms with Gasteiger partial charge in [-0.15, -0.1) is 0 Å². The molecule has 1 saturated heterocycles. The number of para-hydroxylation sites is 1. The number of hydrogen-bond donors (Lipinski definition) is 0. The van der Waals surface area contributed by atoms with Crippen LogP contribution in [0.5, 0.6) is 11.5 Å². The smallest absolute Gasteiger partial charge is 0.387 e. The molecule has 0 radical (unpaired) electrons. The molecule has 3 heterocycles. The number of anilines is 1. The van der Waals surface area contributed by atoms with Gasteiger partial charge in [-0.05, 0) is 36.8 Å². The highest BCUT2D eigenvalue weighted by molar-refractivity contribution is 5.99. The molecule has 0 aliphatic carbocycles. The van der Waals surface area contributed by atoms with Gasteiger partial charge < -0.3 is 14.4 Å². The van der Waals surface area contributed by atoms with E-state index in [9.17, 15) is 18.4 Å². The molecule has 38 heavy (non-hydrogen) atoms. The Labute approximate surface area is 216 Å². The molecular formula is C27H25F2N5O4. The second-order valence-electron chi connectivity index (χ2n) is 9.40. The molecule has 2 aromatic carbocycles. The molecule has 4 aromatic rings. The molecule has 0 unspecified atom stereocenters. The number of methoxy groups -OCH3 is 1. The number of alkyl halides is 2. The van der Waals surface area contributed by atoms with Crippen LogP contribution in [0.25, 0.3) is 22.8 Å².